The number of carbonyl (C=O) groups is 2. The predicted molar refractivity (Wildman–Crippen MR) is 115 cm³/mol. The summed E-state index contributed by atoms with van der Waals surface area (Å²) in [5, 5.41) is 1.69. The molecule has 0 bridgehead atoms. The molecule has 0 saturated carbocycles. The molecule has 0 aliphatic rings. The molecule has 0 atom stereocenters. The van der Waals surface area contributed by atoms with Crippen LogP contribution in [0.1, 0.15) is 28.8 Å². The number of benzene rings is 3. The Bertz CT molecular complexity index is 1040. The standard InChI is InChI=1S/C23H21BrO5/c1-27-20-14-19(24)21(28-2)13-16(20)9-6-12-22(25)29-23(26)18-11-5-8-15-7-3-4-10-17(15)18/h3-5,7-8,10-11,13-14H,6,9,12H2,1-2H3. The average Bonchev–Trinajstić information content (AvgIpc) is 2.73. The summed E-state index contributed by atoms with van der Waals surface area (Å²) in [6.07, 6.45) is 1.23. The molecular weight excluding hydrogens is 436 g/mol. The number of methoxy groups -OCH3 is 2. The maximum atomic E-state index is 12.4. The third kappa shape index (κ3) is 4.95. The van der Waals surface area contributed by atoms with Crippen molar-refractivity contribution >= 4 is 38.6 Å². The summed E-state index contributed by atoms with van der Waals surface area (Å²) in [5.74, 6) is 0.216. The molecular formula is C23H21BrO5. The summed E-state index contributed by atoms with van der Waals surface area (Å²) in [5.41, 5.74) is 1.30. The van der Waals surface area contributed by atoms with E-state index in [1.807, 2.05) is 42.5 Å². The van der Waals surface area contributed by atoms with Gasteiger partial charge in [0.05, 0.1) is 24.3 Å². The monoisotopic (exact) mass is 456 g/mol. The van der Waals surface area contributed by atoms with Crippen LogP contribution in [0.4, 0.5) is 0 Å². The van der Waals surface area contributed by atoms with Gasteiger partial charge in [0.15, 0.2) is 0 Å². The summed E-state index contributed by atoms with van der Waals surface area (Å²) >= 11 is 3.42. The molecule has 3 aromatic rings. The summed E-state index contributed by atoms with van der Waals surface area (Å²) in [6.45, 7) is 0. The van der Waals surface area contributed by atoms with E-state index in [9.17, 15) is 9.59 Å². The molecule has 0 aromatic heterocycles. The SMILES string of the molecule is COc1cc(CCCC(=O)OC(=O)c2cccc3ccccc23)c(OC)cc1Br. The lowest BCUT2D eigenvalue weighted by Gasteiger charge is -2.12. The number of rotatable bonds is 7. The number of hydrogen-bond donors (Lipinski definition) is 0. The first-order valence-electron chi connectivity index (χ1n) is 9.16. The van der Waals surface area contributed by atoms with Crippen molar-refractivity contribution in [3.05, 3.63) is 70.2 Å². The van der Waals surface area contributed by atoms with Gasteiger partial charge >= 0.3 is 11.9 Å². The van der Waals surface area contributed by atoms with Crippen molar-refractivity contribution in [3.8, 4) is 11.5 Å². The van der Waals surface area contributed by atoms with Gasteiger partial charge in [-0.15, -0.1) is 0 Å². The summed E-state index contributed by atoms with van der Waals surface area (Å²) in [7, 11) is 3.18. The van der Waals surface area contributed by atoms with Gasteiger partial charge in [-0.1, -0.05) is 36.4 Å². The summed E-state index contributed by atoms with van der Waals surface area (Å²) < 4.78 is 16.6. The molecule has 150 valence electrons. The van der Waals surface area contributed by atoms with Gasteiger partial charge in [-0.3, -0.25) is 4.79 Å². The molecule has 0 aliphatic heterocycles. The molecule has 0 unspecified atom stereocenters. The highest BCUT2D eigenvalue weighted by Gasteiger charge is 2.16. The molecule has 29 heavy (non-hydrogen) atoms. The molecule has 3 aromatic carbocycles. The Hall–Kier alpha value is -2.86. The number of halogens is 1. The first kappa shape index (κ1) is 20.9. The van der Waals surface area contributed by atoms with Crippen molar-refractivity contribution in [1.29, 1.82) is 0 Å². The van der Waals surface area contributed by atoms with Gasteiger partial charge in [-0.25, -0.2) is 4.79 Å². The van der Waals surface area contributed by atoms with Gasteiger partial charge in [0, 0.05) is 6.42 Å². The topological polar surface area (TPSA) is 61.8 Å². The Morgan fingerprint density at radius 2 is 1.66 bits per heavy atom. The zero-order chi connectivity index (χ0) is 20.8. The van der Waals surface area contributed by atoms with Crippen LogP contribution in [-0.4, -0.2) is 26.2 Å². The quantitative estimate of drug-likeness (QED) is 0.355. The minimum absolute atomic E-state index is 0.123. The molecule has 0 saturated heterocycles. The molecule has 0 N–H and O–H groups in total. The molecule has 3 rings (SSSR count). The van der Waals surface area contributed by atoms with Crippen LogP contribution in [0.3, 0.4) is 0 Å². The molecule has 0 radical (unpaired) electrons. The number of hydrogen-bond acceptors (Lipinski definition) is 5. The van der Waals surface area contributed by atoms with Gasteiger partial charge in [-0.05, 0) is 63.3 Å². The van der Waals surface area contributed by atoms with Crippen LogP contribution in [0.15, 0.2) is 59.1 Å². The molecule has 6 heteroatoms. The average molecular weight is 457 g/mol. The van der Waals surface area contributed by atoms with Gasteiger partial charge in [0.25, 0.3) is 0 Å². The van der Waals surface area contributed by atoms with E-state index in [0.717, 1.165) is 20.8 Å². The Morgan fingerprint density at radius 1 is 0.931 bits per heavy atom. The smallest absolute Gasteiger partial charge is 0.346 e. The summed E-state index contributed by atoms with van der Waals surface area (Å²) in [4.78, 5) is 24.6. The lowest BCUT2D eigenvalue weighted by molar-refractivity contribution is -0.138. The van der Waals surface area contributed by atoms with E-state index in [0.29, 0.717) is 29.9 Å². The van der Waals surface area contributed by atoms with Crippen molar-refractivity contribution in [2.75, 3.05) is 14.2 Å². The fraction of sp³-hybridized carbons (Fsp3) is 0.217. The zero-order valence-corrected chi connectivity index (χ0v) is 17.8. The van der Waals surface area contributed by atoms with E-state index >= 15 is 0 Å². The largest absolute Gasteiger partial charge is 0.496 e. The van der Waals surface area contributed by atoms with Crippen LogP contribution >= 0.6 is 15.9 Å². The molecule has 0 fully saturated rings. The maximum Gasteiger partial charge on any atom is 0.346 e. The lowest BCUT2D eigenvalue weighted by atomic mass is 10.0. The molecule has 5 nitrogen and oxygen atoms in total. The van der Waals surface area contributed by atoms with E-state index in [-0.39, 0.29) is 6.42 Å². The molecule has 0 amide bonds. The second-order valence-corrected chi connectivity index (χ2v) is 7.29. The second kappa shape index (κ2) is 9.56. The fourth-order valence-corrected chi connectivity index (χ4v) is 3.64. The highest BCUT2D eigenvalue weighted by Crippen LogP contribution is 2.33. The van der Waals surface area contributed by atoms with E-state index in [1.165, 1.54) is 0 Å². The van der Waals surface area contributed by atoms with Crippen LogP contribution < -0.4 is 9.47 Å². The summed E-state index contributed by atoms with van der Waals surface area (Å²) in [6, 6.07) is 16.5. The predicted octanol–water partition coefficient (Wildman–Crippen LogP) is 5.33. The van der Waals surface area contributed by atoms with Gasteiger partial charge in [-0.2, -0.15) is 0 Å². The van der Waals surface area contributed by atoms with Gasteiger partial charge in [0.2, 0.25) is 0 Å². The first-order valence-corrected chi connectivity index (χ1v) is 9.96. The number of ether oxygens (including phenoxy) is 3. The number of carbonyl (C=O) groups excluding carboxylic acids is 2. The number of aryl methyl sites for hydroxylation is 1. The van der Waals surface area contributed by atoms with Gasteiger partial charge < -0.3 is 14.2 Å². The Labute approximate surface area is 177 Å². The molecule has 0 spiro atoms. The Morgan fingerprint density at radius 3 is 2.41 bits per heavy atom. The third-order valence-electron chi connectivity index (χ3n) is 4.60. The Balaban J connectivity index is 1.61. The van der Waals surface area contributed by atoms with Crippen molar-refractivity contribution in [3.63, 3.8) is 0 Å². The highest BCUT2D eigenvalue weighted by atomic mass is 79.9. The van der Waals surface area contributed by atoms with Crippen LogP contribution in [0.2, 0.25) is 0 Å². The fourth-order valence-electron chi connectivity index (χ4n) is 3.16. The third-order valence-corrected chi connectivity index (χ3v) is 5.22. The van der Waals surface area contributed by atoms with Crippen molar-refractivity contribution in [2.24, 2.45) is 0 Å². The van der Waals surface area contributed by atoms with Crippen molar-refractivity contribution in [2.45, 2.75) is 19.3 Å². The van der Waals surface area contributed by atoms with Crippen LogP contribution in [0.25, 0.3) is 10.8 Å². The minimum atomic E-state index is -0.630. The van der Waals surface area contributed by atoms with E-state index in [1.54, 1.807) is 26.4 Å². The van der Waals surface area contributed by atoms with E-state index < -0.39 is 11.9 Å². The molecule has 0 heterocycles. The highest BCUT2D eigenvalue weighted by molar-refractivity contribution is 9.10. The minimum Gasteiger partial charge on any atom is -0.496 e. The van der Waals surface area contributed by atoms with E-state index in [2.05, 4.69) is 15.9 Å². The van der Waals surface area contributed by atoms with Crippen molar-refractivity contribution in [1.82, 2.24) is 0 Å². The Kier molecular flexibility index (Phi) is 6.88. The molecule has 0 aliphatic carbocycles. The normalized spacial score (nSPS) is 10.6. The number of esters is 2. The van der Waals surface area contributed by atoms with Crippen LogP contribution in [-0.2, 0) is 16.0 Å². The zero-order valence-electron chi connectivity index (χ0n) is 16.2. The number of fused-ring (bicyclic) bond motifs is 1. The second-order valence-electron chi connectivity index (χ2n) is 6.44. The maximum absolute atomic E-state index is 12.4. The van der Waals surface area contributed by atoms with Crippen LogP contribution in [0, 0.1) is 0 Å². The lowest BCUT2D eigenvalue weighted by Crippen LogP contribution is -2.13. The van der Waals surface area contributed by atoms with Crippen LogP contribution in [0.5, 0.6) is 11.5 Å². The van der Waals surface area contributed by atoms with Crippen molar-refractivity contribution < 1.29 is 23.8 Å². The first-order chi connectivity index (χ1) is 14.0. The van der Waals surface area contributed by atoms with E-state index in [4.69, 9.17) is 14.2 Å². The van der Waals surface area contributed by atoms with Gasteiger partial charge in [0.1, 0.15) is 11.5 Å².